The molecule has 0 bridgehead atoms. The number of nitrogens with zero attached hydrogens (tertiary/aromatic N) is 2. The third-order valence-electron chi connectivity index (χ3n) is 3.66. The van der Waals surface area contributed by atoms with Gasteiger partial charge in [-0.2, -0.15) is 0 Å². The van der Waals surface area contributed by atoms with E-state index in [0.29, 0.717) is 12.1 Å². The van der Waals surface area contributed by atoms with E-state index in [1.165, 1.54) is 0 Å². The van der Waals surface area contributed by atoms with Crippen molar-refractivity contribution in [2.45, 2.75) is 33.4 Å². The molecule has 1 aromatic heterocycles. The Morgan fingerprint density at radius 3 is 2.36 bits per heavy atom. The monoisotopic (exact) mass is 339 g/mol. The van der Waals surface area contributed by atoms with Crippen LogP contribution >= 0.6 is 23.7 Å². The first-order valence-electron chi connectivity index (χ1n) is 6.94. The topological polar surface area (TPSA) is 59.2 Å². The SMILES string of the molecule is Cc1nc(C)c(C(C)N(C)C(=O)c2ccc(CN)cc2)s1.Cl. The lowest BCUT2D eigenvalue weighted by atomic mass is 10.1. The summed E-state index contributed by atoms with van der Waals surface area (Å²) in [7, 11) is 1.83. The number of rotatable bonds is 4. The Hall–Kier alpha value is -1.43. The first kappa shape index (κ1) is 18.6. The number of aryl methyl sites for hydroxylation is 2. The third kappa shape index (κ3) is 3.85. The summed E-state index contributed by atoms with van der Waals surface area (Å²) in [5.74, 6) is 0.0107. The van der Waals surface area contributed by atoms with E-state index in [1.807, 2.05) is 52.1 Å². The molecule has 0 aliphatic heterocycles. The average Bonchev–Trinajstić information content (AvgIpc) is 2.83. The van der Waals surface area contributed by atoms with Crippen molar-refractivity contribution in [2.75, 3.05) is 7.05 Å². The number of halogens is 1. The Bertz CT molecular complexity index is 639. The number of amides is 1. The second kappa shape index (κ2) is 7.72. The van der Waals surface area contributed by atoms with Crippen LogP contribution in [0.15, 0.2) is 24.3 Å². The molecule has 2 aromatic rings. The molecule has 1 unspecified atom stereocenters. The maximum atomic E-state index is 12.6. The molecule has 1 heterocycles. The summed E-state index contributed by atoms with van der Waals surface area (Å²) in [6.07, 6.45) is 0. The summed E-state index contributed by atoms with van der Waals surface area (Å²) in [6, 6.07) is 7.47. The van der Waals surface area contributed by atoms with E-state index in [9.17, 15) is 4.79 Å². The van der Waals surface area contributed by atoms with Crippen molar-refractivity contribution >= 4 is 29.7 Å². The highest BCUT2D eigenvalue weighted by Crippen LogP contribution is 2.29. The van der Waals surface area contributed by atoms with E-state index in [1.54, 1.807) is 16.2 Å². The molecule has 0 aliphatic rings. The van der Waals surface area contributed by atoms with Gasteiger partial charge in [0.05, 0.1) is 16.7 Å². The molecule has 0 aliphatic carbocycles. The first-order chi connectivity index (χ1) is 9.93. The molecule has 0 spiro atoms. The summed E-state index contributed by atoms with van der Waals surface area (Å²) in [5.41, 5.74) is 8.29. The second-order valence-electron chi connectivity index (χ2n) is 5.18. The van der Waals surface area contributed by atoms with Gasteiger partial charge in [0.1, 0.15) is 0 Å². The van der Waals surface area contributed by atoms with Gasteiger partial charge >= 0.3 is 0 Å². The van der Waals surface area contributed by atoms with Crippen molar-refractivity contribution in [3.63, 3.8) is 0 Å². The molecule has 1 aromatic carbocycles. The van der Waals surface area contributed by atoms with Gasteiger partial charge in [-0.1, -0.05) is 12.1 Å². The van der Waals surface area contributed by atoms with Crippen molar-refractivity contribution in [3.05, 3.63) is 51.0 Å². The van der Waals surface area contributed by atoms with Crippen LogP contribution in [0.4, 0.5) is 0 Å². The molecule has 0 saturated heterocycles. The van der Waals surface area contributed by atoms with Crippen LogP contribution in [0.25, 0.3) is 0 Å². The molecule has 6 heteroatoms. The molecule has 0 fully saturated rings. The predicted molar refractivity (Wildman–Crippen MR) is 93.7 cm³/mol. The number of nitrogens with two attached hydrogens (primary N) is 1. The van der Waals surface area contributed by atoms with Crippen LogP contribution in [0.5, 0.6) is 0 Å². The Labute approximate surface area is 141 Å². The fourth-order valence-electron chi connectivity index (χ4n) is 2.27. The van der Waals surface area contributed by atoms with E-state index in [2.05, 4.69) is 4.98 Å². The van der Waals surface area contributed by atoms with E-state index >= 15 is 0 Å². The smallest absolute Gasteiger partial charge is 0.254 e. The quantitative estimate of drug-likeness (QED) is 0.927. The molecule has 1 amide bonds. The Kier molecular flexibility index (Phi) is 6.53. The Morgan fingerprint density at radius 1 is 1.32 bits per heavy atom. The van der Waals surface area contributed by atoms with Gasteiger partial charge in [0, 0.05) is 24.0 Å². The van der Waals surface area contributed by atoms with E-state index in [-0.39, 0.29) is 24.4 Å². The third-order valence-corrected chi connectivity index (χ3v) is 4.90. The van der Waals surface area contributed by atoms with Gasteiger partial charge in [0.2, 0.25) is 0 Å². The number of carbonyl (C=O) groups excluding carboxylic acids is 1. The van der Waals surface area contributed by atoms with Crippen molar-refractivity contribution in [1.82, 2.24) is 9.88 Å². The highest BCUT2D eigenvalue weighted by molar-refractivity contribution is 7.11. The van der Waals surface area contributed by atoms with Gasteiger partial charge in [0.15, 0.2) is 0 Å². The van der Waals surface area contributed by atoms with Crippen molar-refractivity contribution in [2.24, 2.45) is 5.73 Å². The lowest BCUT2D eigenvalue weighted by molar-refractivity contribution is 0.0744. The van der Waals surface area contributed by atoms with Crippen molar-refractivity contribution in [3.8, 4) is 0 Å². The van der Waals surface area contributed by atoms with Gasteiger partial charge in [-0.25, -0.2) is 4.98 Å². The molecule has 120 valence electrons. The Balaban J connectivity index is 0.00000242. The summed E-state index contributed by atoms with van der Waals surface area (Å²) in [5, 5.41) is 1.03. The number of carbonyl (C=O) groups is 1. The van der Waals surface area contributed by atoms with E-state index in [4.69, 9.17) is 5.73 Å². The first-order valence-corrected chi connectivity index (χ1v) is 7.75. The largest absolute Gasteiger partial charge is 0.334 e. The van der Waals surface area contributed by atoms with Gasteiger partial charge in [-0.05, 0) is 38.5 Å². The molecule has 4 nitrogen and oxygen atoms in total. The number of hydrogen-bond donors (Lipinski definition) is 1. The molecule has 2 N–H and O–H groups in total. The fraction of sp³-hybridized carbons (Fsp3) is 0.375. The molecule has 0 saturated carbocycles. The minimum Gasteiger partial charge on any atom is -0.334 e. The van der Waals surface area contributed by atoms with Crippen LogP contribution < -0.4 is 5.73 Å². The maximum absolute atomic E-state index is 12.6. The highest BCUT2D eigenvalue weighted by atomic mass is 35.5. The Morgan fingerprint density at radius 2 is 1.91 bits per heavy atom. The van der Waals surface area contributed by atoms with E-state index < -0.39 is 0 Å². The lowest BCUT2D eigenvalue weighted by Crippen LogP contribution is -2.29. The van der Waals surface area contributed by atoms with Crippen LogP contribution in [0.1, 0.15) is 44.5 Å². The van der Waals surface area contributed by atoms with Crippen LogP contribution in [-0.4, -0.2) is 22.8 Å². The van der Waals surface area contributed by atoms with Gasteiger partial charge in [-0.15, -0.1) is 23.7 Å². The van der Waals surface area contributed by atoms with Gasteiger partial charge < -0.3 is 10.6 Å². The molecular formula is C16H22ClN3OS. The highest BCUT2D eigenvalue weighted by Gasteiger charge is 2.22. The van der Waals surface area contributed by atoms with Crippen LogP contribution in [-0.2, 0) is 6.54 Å². The number of thiazole rings is 1. The summed E-state index contributed by atoms with van der Waals surface area (Å²) in [6.45, 7) is 6.50. The summed E-state index contributed by atoms with van der Waals surface area (Å²) >= 11 is 1.65. The zero-order chi connectivity index (χ0) is 15.6. The normalized spacial score (nSPS) is 11.7. The zero-order valence-electron chi connectivity index (χ0n) is 13.3. The lowest BCUT2D eigenvalue weighted by Gasteiger charge is -2.24. The summed E-state index contributed by atoms with van der Waals surface area (Å²) < 4.78 is 0. The van der Waals surface area contributed by atoms with Crippen LogP contribution in [0.3, 0.4) is 0 Å². The zero-order valence-corrected chi connectivity index (χ0v) is 14.9. The minimum atomic E-state index is 0. The van der Waals surface area contributed by atoms with Gasteiger partial charge in [-0.3, -0.25) is 4.79 Å². The molecule has 1 atom stereocenters. The fourth-order valence-corrected chi connectivity index (χ4v) is 3.30. The number of aromatic nitrogens is 1. The number of hydrogen-bond acceptors (Lipinski definition) is 4. The molecule has 22 heavy (non-hydrogen) atoms. The molecule has 0 radical (unpaired) electrons. The minimum absolute atomic E-state index is 0. The predicted octanol–water partition coefficient (Wildman–Crippen LogP) is 3.47. The maximum Gasteiger partial charge on any atom is 0.254 e. The summed E-state index contributed by atoms with van der Waals surface area (Å²) in [4.78, 5) is 19.9. The number of benzene rings is 1. The van der Waals surface area contributed by atoms with Crippen LogP contribution in [0.2, 0.25) is 0 Å². The average molecular weight is 340 g/mol. The standard InChI is InChI=1S/C16H21N3OS.ClH/c1-10-15(21-12(3)18-10)11(2)19(4)16(20)14-7-5-13(9-17)6-8-14;/h5-8,11H,9,17H2,1-4H3;1H. The van der Waals surface area contributed by atoms with Crippen LogP contribution in [0, 0.1) is 13.8 Å². The van der Waals surface area contributed by atoms with Gasteiger partial charge in [0.25, 0.3) is 5.91 Å². The van der Waals surface area contributed by atoms with E-state index in [0.717, 1.165) is 21.1 Å². The molecular weight excluding hydrogens is 318 g/mol. The second-order valence-corrected chi connectivity index (χ2v) is 6.41. The molecule has 2 rings (SSSR count). The van der Waals surface area contributed by atoms with Crippen molar-refractivity contribution < 1.29 is 4.79 Å². The van der Waals surface area contributed by atoms with Crippen molar-refractivity contribution in [1.29, 1.82) is 0 Å².